The highest BCUT2D eigenvalue weighted by molar-refractivity contribution is 8.07. The summed E-state index contributed by atoms with van der Waals surface area (Å²) in [6.45, 7) is 13.7. The fourth-order valence-electron chi connectivity index (χ4n) is 3.78. The summed E-state index contributed by atoms with van der Waals surface area (Å²) in [7, 11) is 0. The minimum atomic E-state index is 0.107. The maximum Gasteiger partial charge on any atom is 0.231 e. The average molecular weight is 496 g/mol. The van der Waals surface area contributed by atoms with Crippen LogP contribution in [0.4, 0.5) is 0 Å². The van der Waals surface area contributed by atoms with Gasteiger partial charge in [-0.2, -0.15) is 0 Å². The number of allylic oxidation sites excluding steroid dienone is 6. The van der Waals surface area contributed by atoms with Crippen molar-refractivity contribution in [2.75, 3.05) is 0 Å². The molecule has 0 unspecified atom stereocenters. The van der Waals surface area contributed by atoms with Crippen LogP contribution < -0.4 is 0 Å². The molecular formula is C33H35S2+. The van der Waals surface area contributed by atoms with Crippen molar-refractivity contribution >= 4 is 34.7 Å². The second-order valence-electron chi connectivity index (χ2n) is 11.0. The van der Waals surface area contributed by atoms with Crippen molar-refractivity contribution in [1.29, 1.82) is 0 Å². The monoisotopic (exact) mass is 495 g/mol. The lowest BCUT2D eigenvalue weighted by Gasteiger charge is -2.26. The molecule has 2 heterocycles. The van der Waals surface area contributed by atoms with E-state index in [0.29, 0.717) is 0 Å². The highest BCUT2D eigenvalue weighted by Crippen LogP contribution is 2.45. The number of thioether (sulfide) groups is 1. The van der Waals surface area contributed by atoms with Crippen LogP contribution in [0.15, 0.2) is 107 Å². The van der Waals surface area contributed by atoms with Gasteiger partial charge in [0.25, 0.3) is 0 Å². The summed E-state index contributed by atoms with van der Waals surface area (Å²) >= 11 is 3.75. The standard InChI is InChI=1S/C33H35S2/c1-32(2,3)30-22-26(24-14-9-7-10-15-24)20-28(34-30)18-13-19-29-21-27(25-16-11-8-12-17-25)23-31(35-29)33(4,5)6/h7-23H,1-6H3/q+1. The van der Waals surface area contributed by atoms with Gasteiger partial charge in [-0.15, -0.1) is 0 Å². The SMILES string of the molecule is CC(C)(C)C1=CC(c2ccccc2)=C/C(=C\C=C\c2cc(-c3ccccc3)cc(C(C)(C)C)[s+]2)S1. The first kappa shape index (κ1) is 25.4. The van der Waals surface area contributed by atoms with Crippen LogP contribution >= 0.6 is 23.1 Å². The Morgan fingerprint density at radius 2 is 1.31 bits per heavy atom. The van der Waals surface area contributed by atoms with Crippen molar-refractivity contribution in [3.8, 4) is 11.1 Å². The number of benzene rings is 2. The Labute approximate surface area is 219 Å². The van der Waals surface area contributed by atoms with Crippen molar-refractivity contribution in [2.45, 2.75) is 47.0 Å². The molecule has 1 aliphatic heterocycles. The number of hydrogen-bond acceptors (Lipinski definition) is 1. The molecule has 0 N–H and O–H groups in total. The Balaban J connectivity index is 1.69. The molecule has 0 saturated heterocycles. The van der Waals surface area contributed by atoms with Crippen molar-refractivity contribution in [2.24, 2.45) is 5.41 Å². The molecule has 1 aromatic heterocycles. The summed E-state index contributed by atoms with van der Waals surface area (Å²) in [5.41, 5.74) is 5.29. The molecule has 1 aliphatic rings. The lowest BCUT2D eigenvalue weighted by Crippen LogP contribution is -2.09. The summed E-state index contributed by atoms with van der Waals surface area (Å²) in [6.07, 6.45) is 11.4. The van der Waals surface area contributed by atoms with Crippen LogP contribution in [0.1, 0.15) is 56.9 Å². The van der Waals surface area contributed by atoms with Gasteiger partial charge >= 0.3 is 0 Å². The zero-order valence-corrected chi connectivity index (χ0v) is 23.3. The molecule has 35 heavy (non-hydrogen) atoms. The van der Waals surface area contributed by atoms with Crippen molar-refractivity contribution in [3.63, 3.8) is 0 Å². The molecule has 0 bridgehead atoms. The molecular weight excluding hydrogens is 460 g/mol. The van der Waals surface area contributed by atoms with Gasteiger partial charge in [0.2, 0.25) is 21.1 Å². The first-order chi connectivity index (χ1) is 16.6. The van der Waals surface area contributed by atoms with Crippen molar-refractivity contribution in [3.05, 3.63) is 122 Å². The minimum absolute atomic E-state index is 0.107. The first-order valence-electron chi connectivity index (χ1n) is 12.2. The van der Waals surface area contributed by atoms with E-state index in [2.05, 4.69) is 145 Å². The lowest BCUT2D eigenvalue weighted by molar-refractivity contribution is 0.533. The second-order valence-corrected chi connectivity index (χ2v) is 13.2. The van der Waals surface area contributed by atoms with Gasteiger partial charge in [0.15, 0.2) is 0 Å². The van der Waals surface area contributed by atoms with Gasteiger partial charge in [-0.25, -0.2) is 0 Å². The highest BCUT2D eigenvalue weighted by Gasteiger charge is 2.26. The van der Waals surface area contributed by atoms with Crippen LogP contribution in [-0.4, -0.2) is 0 Å². The lowest BCUT2D eigenvalue weighted by atomic mass is 9.93. The van der Waals surface area contributed by atoms with E-state index in [1.165, 1.54) is 41.8 Å². The predicted octanol–water partition coefficient (Wildman–Crippen LogP) is 10.7. The fraction of sp³-hybridized carbons (Fsp3) is 0.242. The molecule has 0 saturated carbocycles. The van der Waals surface area contributed by atoms with E-state index in [1.54, 1.807) is 0 Å². The largest absolute Gasteiger partial charge is 0.231 e. The van der Waals surface area contributed by atoms with E-state index < -0.39 is 0 Å². The van der Waals surface area contributed by atoms with Gasteiger partial charge in [-0.3, -0.25) is 0 Å². The van der Waals surface area contributed by atoms with E-state index in [1.807, 2.05) is 23.1 Å². The molecule has 0 nitrogen and oxygen atoms in total. The van der Waals surface area contributed by atoms with Gasteiger partial charge in [0.1, 0.15) is 0 Å². The van der Waals surface area contributed by atoms with Crippen LogP contribution in [0.3, 0.4) is 0 Å². The summed E-state index contributed by atoms with van der Waals surface area (Å²) in [5.74, 6) is 0. The third kappa shape index (κ3) is 6.72. The fourth-order valence-corrected chi connectivity index (χ4v) is 5.94. The van der Waals surface area contributed by atoms with Crippen LogP contribution in [-0.2, 0) is 5.41 Å². The Morgan fingerprint density at radius 1 is 0.686 bits per heavy atom. The third-order valence-electron chi connectivity index (χ3n) is 5.84. The molecule has 3 aromatic rings. The zero-order valence-electron chi connectivity index (χ0n) is 21.6. The topological polar surface area (TPSA) is 0 Å². The number of hydrogen-bond donors (Lipinski definition) is 0. The van der Waals surface area contributed by atoms with Gasteiger partial charge < -0.3 is 0 Å². The molecule has 0 aliphatic carbocycles. The summed E-state index contributed by atoms with van der Waals surface area (Å²) in [4.78, 5) is 5.32. The van der Waals surface area contributed by atoms with Gasteiger partial charge in [-0.1, -0.05) is 120 Å². The normalized spacial score (nSPS) is 15.9. The van der Waals surface area contributed by atoms with E-state index in [9.17, 15) is 0 Å². The Morgan fingerprint density at radius 3 is 1.91 bits per heavy atom. The number of rotatable bonds is 4. The third-order valence-corrected chi connectivity index (χ3v) is 8.72. The molecule has 0 atom stereocenters. The van der Waals surface area contributed by atoms with Crippen LogP contribution in [0, 0.1) is 5.41 Å². The first-order valence-corrected chi connectivity index (χ1v) is 13.8. The van der Waals surface area contributed by atoms with E-state index >= 15 is 0 Å². The van der Waals surface area contributed by atoms with Crippen molar-refractivity contribution < 1.29 is 0 Å². The van der Waals surface area contributed by atoms with Gasteiger partial charge in [0, 0.05) is 28.5 Å². The maximum absolute atomic E-state index is 2.35. The van der Waals surface area contributed by atoms with E-state index in [4.69, 9.17) is 0 Å². The average Bonchev–Trinajstić information content (AvgIpc) is 2.84. The van der Waals surface area contributed by atoms with Crippen molar-refractivity contribution in [1.82, 2.24) is 0 Å². The zero-order chi connectivity index (χ0) is 25.1. The molecule has 4 rings (SSSR count). The van der Waals surface area contributed by atoms with Gasteiger partial charge in [0.05, 0.1) is 0 Å². The Kier molecular flexibility index (Phi) is 7.64. The minimum Gasteiger partial charge on any atom is -0.0940 e. The van der Waals surface area contributed by atoms with E-state index in [0.717, 1.165) is 0 Å². The van der Waals surface area contributed by atoms with Gasteiger partial charge in [-0.05, 0) is 50.8 Å². The van der Waals surface area contributed by atoms with E-state index in [-0.39, 0.29) is 10.8 Å². The Hall–Kier alpha value is -2.68. The second kappa shape index (κ2) is 10.5. The van der Waals surface area contributed by atoms with Crippen LogP contribution in [0.25, 0.3) is 22.8 Å². The predicted molar refractivity (Wildman–Crippen MR) is 160 cm³/mol. The molecule has 2 heteroatoms. The molecule has 0 amide bonds. The quantitative estimate of drug-likeness (QED) is 0.324. The maximum atomic E-state index is 2.35. The summed E-state index contributed by atoms with van der Waals surface area (Å²) in [5, 5.41) is 0. The molecule has 178 valence electrons. The molecule has 0 fully saturated rings. The molecule has 0 radical (unpaired) electrons. The molecule has 0 spiro atoms. The smallest absolute Gasteiger partial charge is 0.0940 e. The Bertz CT molecular complexity index is 1290. The summed E-state index contributed by atoms with van der Waals surface area (Å²) < 4.78 is 0. The van der Waals surface area contributed by atoms with Crippen LogP contribution in [0.2, 0.25) is 0 Å². The highest BCUT2D eigenvalue weighted by atomic mass is 32.2. The molecule has 2 aromatic carbocycles. The summed E-state index contributed by atoms with van der Waals surface area (Å²) in [6, 6.07) is 26.0. The van der Waals surface area contributed by atoms with Crippen LogP contribution in [0.5, 0.6) is 0 Å².